The third-order valence-corrected chi connectivity index (χ3v) is 2.57. The Labute approximate surface area is 102 Å². The van der Waals surface area contributed by atoms with Gasteiger partial charge in [-0.1, -0.05) is 29.8 Å². The highest BCUT2D eigenvalue weighted by Gasteiger charge is 2.01. The molecule has 0 amide bonds. The molecule has 4 nitrogen and oxygen atoms in total. The SMILES string of the molecule is CCCNCc1cn(-c2ccc(C)cc2)nn1. The van der Waals surface area contributed by atoms with E-state index in [1.807, 2.05) is 23.0 Å². The van der Waals surface area contributed by atoms with E-state index in [-0.39, 0.29) is 0 Å². The minimum atomic E-state index is 0.777. The monoisotopic (exact) mass is 230 g/mol. The number of nitrogens with zero attached hydrogens (tertiary/aromatic N) is 3. The smallest absolute Gasteiger partial charge is 0.0969 e. The quantitative estimate of drug-likeness (QED) is 0.800. The number of nitrogens with one attached hydrogen (secondary N) is 1. The third-order valence-electron chi connectivity index (χ3n) is 2.57. The summed E-state index contributed by atoms with van der Waals surface area (Å²) in [4.78, 5) is 0. The van der Waals surface area contributed by atoms with Crippen molar-refractivity contribution in [1.82, 2.24) is 20.3 Å². The fraction of sp³-hybridized carbons (Fsp3) is 0.385. The average Bonchev–Trinajstić information content (AvgIpc) is 2.79. The van der Waals surface area contributed by atoms with Gasteiger partial charge in [0.2, 0.25) is 0 Å². The van der Waals surface area contributed by atoms with E-state index in [1.54, 1.807) is 0 Å². The summed E-state index contributed by atoms with van der Waals surface area (Å²) in [5.41, 5.74) is 3.27. The molecular weight excluding hydrogens is 212 g/mol. The van der Waals surface area contributed by atoms with Crippen molar-refractivity contribution in [3.05, 3.63) is 41.7 Å². The molecule has 90 valence electrons. The number of hydrogen-bond donors (Lipinski definition) is 1. The van der Waals surface area contributed by atoms with Crippen LogP contribution < -0.4 is 5.32 Å². The molecule has 1 aromatic carbocycles. The van der Waals surface area contributed by atoms with Crippen molar-refractivity contribution in [3.8, 4) is 5.69 Å². The highest BCUT2D eigenvalue weighted by molar-refractivity contribution is 5.33. The molecule has 2 aromatic rings. The minimum Gasteiger partial charge on any atom is -0.311 e. The van der Waals surface area contributed by atoms with E-state index >= 15 is 0 Å². The Bertz CT molecular complexity index is 459. The van der Waals surface area contributed by atoms with Crippen LogP contribution in [0.5, 0.6) is 0 Å². The molecule has 1 heterocycles. The van der Waals surface area contributed by atoms with Gasteiger partial charge in [0.1, 0.15) is 0 Å². The number of aromatic nitrogens is 3. The predicted octanol–water partition coefficient (Wildman–Crippen LogP) is 2.08. The predicted molar refractivity (Wildman–Crippen MR) is 68.1 cm³/mol. The van der Waals surface area contributed by atoms with Crippen LogP contribution in [0, 0.1) is 6.92 Å². The Morgan fingerprint density at radius 1 is 1.24 bits per heavy atom. The van der Waals surface area contributed by atoms with Gasteiger partial charge < -0.3 is 5.32 Å². The van der Waals surface area contributed by atoms with Crippen molar-refractivity contribution in [2.75, 3.05) is 6.54 Å². The fourth-order valence-electron chi connectivity index (χ4n) is 1.60. The molecule has 0 atom stereocenters. The third kappa shape index (κ3) is 3.14. The van der Waals surface area contributed by atoms with Gasteiger partial charge in [-0.25, -0.2) is 4.68 Å². The molecule has 0 spiro atoms. The van der Waals surface area contributed by atoms with E-state index < -0.39 is 0 Å². The number of hydrogen-bond acceptors (Lipinski definition) is 3. The number of rotatable bonds is 5. The summed E-state index contributed by atoms with van der Waals surface area (Å²) >= 11 is 0. The maximum absolute atomic E-state index is 4.14. The highest BCUT2D eigenvalue weighted by Crippen LogP contribution is 2.08. The van der Waals surface area contributed by atoms with Crippen LogP contribution >= 0.6 is 0 Å². The highest BCUT2D eigenvalue weighted by atomic mass is 15.4. The topological polar surface area (TPSA) is 42.7 Å². The zero-order chi connectivity index (χ0) is 12.1. The second-order valence-electron chi connectivity index (χ2n) is 4.17. The second kappa shape index (κ2) is 5.59. The molecular formula is C13H18N4. The molecule has 2 rings (SSSR count). The molecule has 1 aromatic heterocycles. The van der Waals surface area contributed by atoms with Gasteiger partial charge in [0, 0.05) is 6.54 Å². The van der Waals surface area contributed by atoms with Gasteiger partial charge in [-0.05, 0) is 32.0 Å². The van der Waals surface area contributed by atoms with E-state index in [9.17, 15) is 0 Å². The fourth-order valence-corrected chi connectivity index (χ4v) is 1.60. The second-order valence-corrected chi connectivity index (χ2v) is 4.17. The van der Waals surface area contributed by atoms with Crippen molar-refractivity contribution < 1.29 is 0 Å². The van der Waals surface area contributed by atoms with Gasteiger partial charge in [0.05, 0.1) is 17.6 Å². The number of aryl methyl sites for hydroxylation is 1. The maximum atomic E-state index is 4.14. The van der Waals surface area contributed by atoms with E-state index in [0.717, 1.165) is 30.9 Å². The van der Waals surface area contributed by atoms with Gasteiger partial charge >= 0.3 is 0 Å². The average molecular weight is 230 g/mol. The van der Waals surface area contributed by atoms with Crippen LogP contribution in [0.15, 0.2) is 30.5 Å². The molecule has 0 unspecified atom stereocenters. The van der Waals surface area contributed by atoms with Crippen LogP contribution in [-0.2, 0) is 6.54 Å². The van der Waals surface area contributed by atoms with Crippen LogP contribution in [0.2, 0.25) is 0 Å². The van der Waals surface area contributed by atoms with Crippen molar-refractivity contribution in [1.29, 1.82) is 0 Å². The first-order valence-electron chi connectivity index (χ1n) is 5.98. The van der Waals surface area contributed by atoms with E-state index in [0.29, 0.717) is 0 Å². The standard InChI is InChI=1S/C13H18N4/c1-3-8-14-9-12-10-17(16-15-12)13-6-4-11(2)5-7-13/h4-7,10,14H,3,8-9H2,1-2H3. The summed E-state index contributed by atoms with van der Waals surface area (Å²) in [6.45, 7) is 6.01. The lowest BCUT2D eigenvalue weighted by molar-refractivity contribution is 0.662. The normalized spacial score (nSPS) is 10.7. The lowest BCUT2D eigenvalue weighted by Crippen LogP contribution is -2.13. The summed E-state index contributed by atoms with van der Waals surface area (Å²) in [7, 11) is 0. The van der Waals surface area contributed by atoms with Gasteiger partial charge in [0.25, 0.3) is 0 Å². The van der Waals surface area contributed by atoms with E-state index in [4.69, 9.17) is 0 Å². The zero-order valence-corrected chi connectivity index (χ0v) is 10.3. The molecule has 0 aliphatic rings. The molecule has 0 aliphatic carbocycles. The summed E-state index contributed by atoms with van der Waals surface area (Å²) < 4.78 is 1.81. The largest absolute Gasteiger partial charge is 0.311 e. The first-order valence-corrected chi connectivity index (χ1v) is 5.98. The Hall–Kier alpha value is -1.68. The molecule has 0 saturated heterocycles. The molecule has 0 radical (unpaired) electrons. The first-order chi connectivity index (χ1) is 8.29. The lowest BCUT2D eigenvalue weighted by atomic mass is 10.2. The van der Waals surface area contributed by atoms with Gasteiger partial charge in [-0.3, -0.25) is 0 Å². The lowest BCUT2D eigenvalue weighted by Gasteiger charge is -2.00. The summed E-state index contributed by atoms with van der Waals surface area (Å²) in [5.74, 6) is 0. The van der Waals surface area contributed by atoms with Crippen molar-refractivity contribution in [2.45, 2.75) is 26.8 Å². The number of benzene rings is 1. The van der Waals surface area contributed by atoms with Crippen LogP contribution in [0.1, 0.15) is 24.6 Å². The molecule has 0 bridgehead atoms. The molecule has 17 heavy (non-hydrogen) atoms. The Morgan fingerprint density at radius 3 is 2.71 bits per heavy atom. The van der Waals surface area contributed by atoms with Crippen molar-refractivity contribution in [3.63, 3.8) is 0 Å². The van der Waals surface area contributed by atoms with Crippen molar-refractivity contribution >= 4 is 0 Å². The van der Waals surface area contributed by atoms with Crippen LogP contribution in [0.3, 0.4) is 0 Å². The summed E-state index contributed by atoms with van der Waals surface area (Å²) in [6.07, 6.45) is 3.10. The molecule has 0 aliphatic heterocycles. The maximum Gasteiger partial charge on any atom is 0.0969 e. The molecule has 4 heteroatoms. The van der Waals surface area contributed by atoms with Crippen LogP contribution in [-0.4, -0.2) is 21.5 Å². The zero-order valence-electron chi connectivity index (χ0n) is 10.3. The Balaban J connectivity index is 2.04. The van der Waals surface area contributed by atoms with Gasteiger partial charge in [-0.2, -0.15) is 0 Å². The van der Waals surface area contributed by atoms with E-state index in [1.165, 1.54) is 5.56 Å². The Kier molecular flexibility index (Phi) is 3.88. The molecule has 0 fully saturated rings. The van der Waals surface area contributed by atoms with Gasteiger partial charge in [0.15, 0.2) is 0 Å². The molecule has 1 N–H and O–H groups in total. The Morgan fingerprint density at radius 2 is 2.00 bits per heavy atom. The van der Waals surface area contributed by atoms with Gasteiger partial charge in [-0.15, -0.1) is 5.10 Å². The van der Waals surface area contributed by atoms with E-state index in [2.05, 4.69) is 41.6 Å². The van der Waals surface area contributed by atoms with Crippen LogP contribution in [0.4, 0.5) is 0 Å². The minimum absolute atomic E-state index is 0.777. The molecule has 0 saturated carbocycles. The van der Waals surface area contributed by atoms with Crippen LogP contribution in [0.25, 0.3) is 5.69 Å². The summed E-state index contributed by atoms with van der Waals surface area (Å²) in [6, 6.07) is 8.25. The first kappa shape index (κ1) is 11.8. The summed E-state index contributed by atoms with van der Waals surface area (Å²) in [5, 5.41) is 11.6. The van der Waals surface area contributed by atoms with Crippen molar-refractivity contribution in [2.24, 2.45) is 0 Å².